The minimum Gasteiger partial charge on any atom is -0.383 e. The van der Waals surface area contributed by atoms with Crippen molar-refractivity contribution in [3.05, 3.63) is 23.4 Å². The molecule has 1 aromatic heterocycles. The van der Waals surface area contributed by atoms with Gasteiger partial charge in [-0.3, -0.25) is 0 Å². The van der Waals surface area contributed by atoms with Crippen LogP contribution in [0.4, 0.5) is 5.82 Å². The number of nitrogens with zero attached hydrogens (tertiary/aromatic N) is 2. The molecule has 1 heterocycles. The number of hydrogen-bond donors (Lipinski definition) is 1. The van der Waals surface area contributed by atoms with Gasteiger partial charge in [0, 0.05) is 6.20 Å². The van der Waals surface area contributed by atoms with Crippen molar-refractivity contribution in [3.8, 4) is 6.07 Å². The van der Waals surface area contributed by atoms with Crippen molar-refractivity contribution in [1.82, 2.24) is 4.98 Å². The summed E-state index contributed by atoms with van der Waals surface area (Å²) in [4.78, 5) is 4.08. The van der Waals surface area contributed by atoms with Crippen molar-refractivity contribution in [1.29, 1.82) is 5.26 Å². The average Bonchev–Trinajstić information content (AvgIpc) is 2.31. The van der Waals surface area contributed by atoms with Gasteiger partial charge in [-0.2, -0.15) is 5.26 Å². The lowest BCUT2D eigenvalue weighted by atomic mass is 9.84. The lowest BCUT2D eigenvalue weighted by Gasteiger charge is -2.21. The molecule has 15 heavy (non-hydrogen) atoms. The Kier molecular flexibility index (Phi) is 2.86. The molecule has 0 aromatic carbocycles. The fourth-order valence-electron chi connectivity index (χ4n) is 2.24. The normalized spacial score (nSPS) is 17.3. The maximum Gasteiger partial charge on any atom is 0.141 e. The number of nitrogen functional groups attached to an aromatic ring is 1. The predicted octanol–water partition coefficient (Wildman–Crippen LogP) is 2.58. The second-order valence-electron chi connectivity index (χ2n) is 4.15. The molecule has 1 aliphatic rings. The Hall–Kier alpha value is -1.56. The van der Waals surface area contributed by atoms with Crippen molar-refractivity contribution in [2.45, 2.75) is 38.0 Å². The molecule has 1 saturated carbocycles. The number of anilines is 1. The molecular formula is C12H15N3. The van der Waals surface area contributed by atoms with Crippen LogP contribution in [0.5, 0.6) is 0 Å². The quantitative estimate of drug-likeness (QED) is 0.759. The Balaban J connectivity index is 2.25. The first-order valence-electron chi connectivity index (χ1n) is 5.47. The first-order chi connectivity index (χ1) is 7.31. The van der Waals surface area contributed by atoms with E-state index in [4.69, 9.17) is 11.0 Å². The van der Waals surface area contributed by atoms with Gasteiger partial charge >= 0.3 is 0 Å². The van der Waals surface area contributed by atoms with Gasteiger partial charge in [0.2, 0.25) is 0 Å². The summed E-state index contributed by atoms with van der Waals surface area (Å²) in [5.74, 6) is 0.927. The highest BCUT2D eigenvalue weighted by Crippen LogP contribution is 2.32. The van der Waals surface area contributed by atoms with E-state index in [0.717, 1.165) is 0 Å². The molecule has 78 valence electrons. The van der Waals surface area contributed by atoms with Gasteiger partial charge in [0.25, 0.3) is 0 Å². The lowest BCUT2D eigenvalue weighted by Crippen LogP contribution is -2.06. The van der Waals surface area contributed by atoms with E-state index < -0.39 is 0 Å². The summed E-state index contributed by atoms with van der Waals surface area (Å²) in [7, 11) is 0. The van der Waals surface area contributed by atoms with Crippen molar-refractivity contribution < 1.29 is 0 Å². The van der Waals surface area contributed by atoms with Gasteiger partial charge in [-0.15, -0.1) is 0 Å². The molecule has 0 spiro atoms. The van der Waals surface area contributed by atoms with Crippen LogP contribution >= 0.6 is 0 Å². The van der Waals surface area contributed by atoms with Gasteiger partial charge in [-0.1, -0.05) is 19.3 Å². The Bertz CT molecular complexity index is 386. The first-order valence-corrected chi connectivity index (χ1v) is 5.47. The van der Waals surface area contributed by atoms with Crippen LogP contribution in [0.15, 0.2) is 12.3 Å². The highest BCUT2D eigenvalue weighted by atomic mass is 14.8. The number of rotatable bonds is 1. The van der Waals surface area contributed by atoms with Crippen LogP contribution in [0, 0.1) is 11.3 Å². The number of pyridine rings is 1. The molecule has 2 N–H and O–H groups in total. The number of hydrogen-bond acceptors (Lipinski definition) is 3. The molecule has 0 aliphatic heterocycles. The molecule has 0 atom stereocenters. The highest BCUT2D eigenvalue weighted by Gasteiger charge is 2.16. The molecule has 0 saturated heterocycles. The Morgan fingerprint density at radius 2 is 2.07 bits per heavy atom. The third kappa shape index (κ3) is 2.10. The van der Waals surface area contributed by atoms with E-state index in [1.54, 1.807) is 0 Å². The molecule has 0 unspecified atom stereocenters. The van der Waals surface area contributed by atoms with Crippen LogP contribution < -0.4 is 5.73 Å². The lowest BCUT2D eigenvalue weighted by molar-refractivity contribution is 0.443. The second-order valence-corrected chi connectivity index (χ2v) is 4.15. The molecule has 1 aromatic rings. The van der Waals surface area contributed by atoms with Gasteiger partial charge in [0.1, 0.15) is 11.9 Å². The van der Waals surface area contributed by atoms with Crippen LogP contribution in [-0.4, -0.2) is 4.98 Å². The first kappa shape index (κ1) is 9.97. The maximum absolute atomic E-state index is 8.87. The van der Waals surface area contributed by atoms with Crippen LogP contribution in [0.2, 0.25) is 0 Å². The summed E-state index contributed by atoms with van der Waals surface area (Å²) < 4.78 is 0. The number of nitrogens with two attached hydrogens (primary N) is 1. The van der Waals surface area contributed by atoms with Gasteiger partial charge in [-0.05, 0) is 30.4 Å². The van der Waals surface area contributed by atoms with Crippen LogP contribution in [0.25, 0.3) is 0 Å². The summed E-state index contributed by atoms with van der Waals surface area (Å²) in [5, 5.41) is 8.87. The Morgan fingerprint density at radius 1 is 1.33 bits per heavy atom. The van der Waals surface area contributed by atoms with Gasteiger partial charge < -0.3 is 5.73 Å². The summed E-state index contributed by atoms with van der Waals surface area (Å²) in [6, 6.07) is 3.99. The van der Waals surface area contributed by atoms with Crippen molar-refractivity contribution in [3.63, 3.8) is 0 Å². The van der Waals surface area contributed by atoms with Crippen molar-refractivity contribution in [2.75, 3.05) is 5.73 Å². The average molecular weight is 201 g/mol. The molecule has 0 amide bonds. The summed E-state index contributed by atoms with van der Waals surface area (Å²) in [6.45, 7) is 0. The molecule has 2 rings (SSSR count). The van der Waals surface area contributed by atoms with E-state index in [-0.39, 0.29) is 0 Å². The van der Waals surface area contributed by atoms with Crippen molar-refractivity contribution in [2.24, 2.45) is 0 Å². The number of nitriles is 1. The fourth-order valence-corrected chi connectivity index (χ4v) is 2.24. The largest absolute Gasteiger partial charge is 0.383 e. The van der Waals surface area contributed by atoms with E-state index in [1.165, 1.54) is 37.7 Å². The Morgan fingerprint density at radius 3 is 2.73 bits per heavy atom. The zero-order valence-electron chi connectivity index (χ0n) is 8.74. The van der Waals surface area contributed by atoms with E-state index in [1.807, 2.05) is 12.3 Å². The molecule has 1 fully saturated rings. The van der Waals surface area contributed by atoms with E-state index in [2.05, 4.69) is 11.1 Å². The van der Waals surface area contributed by atoms with Gasteiger partial charge in [0.15, 0.2) is 0 Å². The minimum atomic E-state index is 0.344. The third-order valence-electron chi connectivity index (χ3n) is 3.14. The van der Waals surface area contributed by atoms with Crippen LogP contribution in [0.1, 0.15) is 49.1 Å². The summed E-state index contributed by atoms with van der Waals surface area (Å²) >= 11 is 0. The van der Waals surface area contributed by atoms with Gasteiger partial charge in [-0.25, -0.2) is 4.98 Å². The zero-order chi connectivity index (χ0) is 10.7. The van der Waals surface area contributed by atoms with E-state index in [0.29, 0.717) is 17.3 Å². The SMILES string of the molecule is N#Cc1cc(C2CCCCC2)cnc1N. The minimum absolute atomic E-state index is 0.344. The summed E-state index contributed by atoms with van der Waals surface area (Å²) in [5.41, 5.74) is 7.29. The van der Waals surface area contributed by atoms with Crippen LogP contribution in [0.3, 0.4) is 0 Å². The fraction of sp³-hybridized carbons (Fsp3) is 0.500. The molecule has 3 nitrogen and oxygen atoms in total. The molecule has 1 aliphatic carbocycles. The second kappa shape index (κ2) is 4.31. The van der Waals surface area contributed by atoms with E-state index in [9.17, 15) is 0 Å². The summed E-state index contributed by atoms with van der Waals surface area (Å²) in [6.07, 6.45) is 8.18. The third-order valence-corrected chi connectivity index (χ3v) is 3.14. The zero-order valence-corrected chi connectivity index (χ0v) is 8.74. The van der Waals surface area contributed by atoms with Crippen molar-refractivity contribution >= 4 is 5.82 Å². The molecular weight excluding hydrogens is 186 g/mol. The monoisotopic (exact) mass is 201 g/mol. The van der Waals surface area contributed by atoms with Crippen LogP contribution in [-0.2, 0) is 0 Å². The standard InChI is InChI=1S/C12H15N3/c13-7-10-6-11(8-15-12(10)14)9-4-2-1-3-5-9/h6,8-9H,1-5H2,(H2,14,15). The molecule has 3 heteroatoms. The predicted molar refractivity (Wildman–Crippen MR) is 59.2 cm³/mol. The topological polar surface area (TPSA) is 62.7 Å². The highest BCUT2D eigenvalue weighted by molar-refractivity contribution is 5.49. The molecule has 0 bridgehead atoms. The van der Waals surface area contributed by atoms with E-state index >= 15 is 0 Å². The Labute approximate surface area is 89.9 Å². The smallest absolute Gasteiger partial charge is 0.141 e. The molecule has 0 radical (unpaired) electrons. The maximum atomic E-state index is 8.87. The number of aromatic nitrogens is 1. The van der Waals surface area contributed by atoms with Gasteiger partial charge in [0.05, 0.1) is 5.56 Å².